The van der Waals surface area contributed by atoms with Gasteiger partial charge in [0.2, 0.25) is 0 Å². The highest BCUT2D eigenvalue weighted by Crippen LogP contribution is 2.81. The molecule has 0 aromatic carbocycles. The normalized spacial score (nSPS) is 71.7. The summed E-state index contributed by atoms with van der Waals surface area (Å²) in [5.74, 6) is 5.53. The summed E-state index contributed by atoms with van der Waals surface area (Å²) in [7, 11) is 0. The van der Waals surface area contributed by atoms with E-state index in [9.17, 15) is 0 Å². The van der Waals surface area contributed by atoms with Gasteiger partial charge < -0.3 is 0 Å². The Balaban J connectivity index is 1.92. The average molecular weight is 150 g/mol. The topological polar surface area (TPSA) is 0 Å². The summed E-state index contributed by atoms with van der Waals surface area (Å²) in [5.41, 5.74) is 0.842. The first-order valence-electron chi connectivity index (χ1n) is 5.14. The first-order chi connectivity index (χ1) is 5.14. The highest BCUT2D eigenvalue weighted by atomic mass is 14.8. The van der Waals surface area contributed by atoms with Crippen LogP contribution in [0, 0.1) is 35.0 Å². The minimum atomic E-state index is 0.842. The summed E-state index contributed by atoms with van der Waals surface area (Å²) < 4.78 is 0. The van der Waals surface area contributed by atoms with E-state index in [1.165, 1.54) is 12.3 Å². The van der Waals surface area contributed by atoms with E-state index in [0.29, 0.717) is 0 Å². The molecule has 3 rings (SSSR count). The average Bonchev–Trinajstić information content (AvgIpc) is 2.37. The van der Waals surface area contributed by atoms with Gasteiger partial charge >= 0.3 is 0 Å². The minimum Gasteiger partial charge on any atom is -0.0622 e. The molecule has 0 nitrogen and oxygen atoms in total. The number of hydrogen-bond donors (Lipinski definition) is 0. The summed E-state index contributed by atoms with van der Waals surface area (Å²) in [6, 6.07) is 0. The lowest BCUT2D eigenvalue weighted by atomic mass is 9.68. The first-order valence-corrected chi connectivity index (χ1v) is 5.14. The van der Waals surface area contributed by atoms with Crippen LogP contribution in [0.5, 0.6) is 0 Å². The van der Waals surface area contributed by atoms with Crippen molar-refractivity contribution in [1.82, 2.24) is 0 Å². The second-order valence-corrected chi connectivity index (χ2v) is 5.62. The largest absolute Gasteiger partial charge is 0.0622 e. The highest BCUT2D eigenvalue weighted by Gasteiger charge is 2.75. The van der Waals surface area contributed by atoms with Gasteiger partial charge in [0.05, 0.1) is 0 Å². The van der Waals surface area contributed by atoms with E-state index in [0.717, 1.165) is 29.1 Å². The number of fused-ring (bicyclic) bond motifs is 1. The molecule has 3 aliphatic rings. The fourth-order valence-corrected chi connectivity index (χ4v) is 4.61. The predicted octanol–water partition coefficient (Wildman–Crippen LogP) is 2.93. The van der Waals surface area contributed by atoms with E-state index < -0.39 is 0 Å². The van der Waals surface area contributed by atoms with Gasteiger partial charge in [-0.15, -0.1) is 0 Å². The van der Waals surface area contributed by atoms with Gasteiger partial charge in [-0.3, -0.25) is 0 Å². The molecule has 0 bridgehead atoms. The Labute approximate surface area is 69.4 Å². The van der Waals surface area contributed by atoms with Gasteiger partial charge in [0.1, 0.15) is 0 Å². The van der Waals surface area contributed by atoms with Crippen LogP contribution in [0.1, 0.15) is 33.6 Å². The molecule has 62 valence electrons. The van der Waals surface area contributed by atoms with Gasteiger partial charge in [0.15, 0.2) is 0 Å². The quantitative estimate of drug-likeness (QED) is 0.498. The predicted molar refractivity (Wildman–Crippen MR) is 46.1 cm³/mol. The summed E-state index contributed by atoms with van der Waals surface area (Å²) in [4.78, 5) is 0. The molecule has 0 aromatic rings. The summed E-state index contributed by atoms with van der Waals surface area (Å²) in [6.07, 6.45) is 3.08. The lowest BCUT2D eigenvalue weighted by Crippen LogP contribution is -2.30. The Morgan fingerprint density at radius 1 is 1.09 bits per heavy atom. The molecule has 0 saturated heterocycles. The number of rotatable bonds is 0. The molecule has 0 aromatic heterocycles. The third-order valence-corrected chi connectivity index (χ3v) is 5.03. The van der Waals surface area contributed by atoms with Crippen LogP contribution in [0.4, 0.5) is 0 Å². The van der Waals surface area contributed by atoms with Crippen LogP contribution in [0.2, 0.25) is 0 Å². The molecule has 3 fully saturated rings. The maximum absolute atomic E-state index is 2.52. The zero-order valence-electron chi connectivity index (χ0n) is 7.80. The van der Waals surface area contributed by atoms with Crippen molar-refractivity contribution in [3.8, 4) is 0 Å². The Kier molecular flexibility index (Phi) is 0.906. The SMILES string of the molecule is CC1CC(C)C2C3C1CC23C. The third-order valence-electron chi connectivity index (χ3n) is 5.03. The second-order valence-electron chi connectivity index (χ2n) is 5.62. The van der Waals surface area contributed by atoms with Crippen molar-refractivity contribution in [2.45, 2.75) is 33.6 Å². The first kappa shape index (κ1) is 6.51. The molecule has 11 heavy (non-hydrogen) atoms. The van der Waals surface area contributed by atoms with Gasteiger partial charge in [-0.25, -0.2) is 0 Å². The van der Waals surface area contributed by atoms with Gasteiger partial charge in [-0.05, 0) is 47.8 Å². The lowest BCUT2D eigenvalue weighted by Gasteiger charge is -2.37. The van der Waals surface area contributed by atoms with E-state index in [-0.39, 0.29) is 0 Å². The van der Waals surface area contributed by atoms with Gasteiger partial charge in [0, 0.05) is 0 Å². The number of hydrogen-bond acceptors (Lipinski definition) is 0. The van der Waals surface area contributed by atoms with Crippen LogP contribution >= 0.6 is 0 Å². The molecule has 6 atom stereocenters. The fraction of sp³-hybridized carbons (Fsp3) is 1.00. The van der Waals surface area contributed by atoms with E-state index >= 15 is 0 Å². The maximum atomic E-state index is 2.52. The standard InChI is InChI=1S/C11H18/c1-6-4-7(2)9-10-8(6)5-11(9,10)3/h6-10H,4-5H2,1-3H3. The second kappa shape index (κ2) is 1.53. The molecule has 6 unspecified atom stereocenters. The Hall–Kier alpha value is 0. The highest BCUT2D eigenvalue weighted by molar-refractivity contribution is 5.23. The van der Waals surface area contributed by atoms with Crippen LogP contribution < -0.4 is 0 Å². The van der Waals surface area contributed by atoms with Gasteiger partial charge in [-0.1, -0.05) is 20.8 Å². The van der Waals surface area contributed by atoms with E-state index in [1.54, 1.807) is 6.42 Å². The van der Waals surface area contributed by atoms with Crippen LogP contribution in [0.3, 0.4) is 0 Å². The minimum absolute atomic E-state index is 0.842. The van der Waals surface area contributed by atoms with Crippen molar-refractivity contribution in [2.24, 2.45) is 35.0 Å². The smallest absolute Gasteiger partial charge is 0.0255 e. The monoisotopic (exact) mass is 150 g/mol. The lowest BCUT2D eigenvalue weighted by molar-refractivity contribution is 0.118. The van der Waals surface area contributed by atoms with E-state index in [2.05, 4.69) is 20.8 Å². The summed E-state index contributed by atoms with van der Waals surface area (Å²) in [5, 5.41) is 0. The summed E-state index contributed by atoms with van der Waals surface area (Å²) in [6.45, 7) is 7.46. The Bertz CT molecular complexity index is 208. The van der Waals surface area contributed by atoms with Gasteiger partial charge in [-0.2, -0.15) is 0 Å². The van der Waals surface area contributed by atoms with Crippen molar-refractivity contribution >= 4 is 0 Å². The molecule has 0 amide bonds. The van der Waals surface area contributed by atoms with Crippen LogP contribution in [0.15, 0.2) is 0 Å². The van der Waals surface area contributed by atoms with Gasteiger partial charge in [0.25, 0.3) is 0 Å². The molecule has 0 aliphatic heterocycles. The molecule has 0 heterocycles. The zero-order chi connectivity index (χ0) is 7.80. The van der Waals surface area contributed by atoms with Crippen molar-refractivity contribution in [3.63, 3.8) is 0 Å². The molecule has 3 aliphatic carbocycles. The molecule has 3 saturated carbocycles. The molecule has 0 N–H and O–H groups in total. The Morgan fingerprint density at radius 2 is 1.82 bits per heavy atom. The van der Waals surface area contributed by atoms with Crippen LogP contribution in [0.25, 0.3) is 0 Å². The van der Waals surface area contributed by atoms with Crippen molar-refractivity contribution < 1.29 is 0 Å². The zero-order valence-corrected chi connectivity index (χ0v) is 7.80. The van der Waals surface area contributed by atoms with E-state index in [4.69, 9.17) is 0 Å². The van der Waals surface area contributed by atoms with Crippen molar-refractivity contribution in [1.29, 1.82) is 0 Å². The maximum Gasteiger partial charge on any atom is -0.0255 e. The summed E-state index contributed by atoms with van der Waals surface area (Å²) >= 11 is 0. The van der Waals surface area contributed by atoms with Crippen LogP contribution in [-0.4, -0.2) is 0 Å². The molecular weight excluding hydrogens is 132 g/mol. The molecular formula is C11H18. The van der Waals surface area contributed by atoms with Crippen LogP contribution in [-0.2, 0) is 0 Å². The molecule has 0 spiro atoms. The third kappa shape index (κ3) is 0.522. The van der Waals surface area contributed by atoms with E-state index in [1.807, 2.05) is 0 Å². The molecule has 0 radical (unpaired) electrons. The fourth-order valence-electron chi connectivity index (χ4n) is 4.61. The Morgan fingerprint density at radius 3 is 2.55 bits per heavy atom. The van der Waals surface area contributed by atoms with Crippen molar-refractivity contribution in [3.05, 3.63) is 0 Å². The van der Waals surface area contributed by atoms with Crippen molar-refractivity contribution in [2.75, 3.05) is 0 Å². The molecule has 0 heteroatoms.